The molecule has 0 atom stereocenters. The summed E-state index contributed by atoms with van der Waals surface area (Å²) in [5.74, 6) is -1.06. The highest BCUT2D eigenvalue weighted by molar-refractivity contribution is 6.21. The summed E-state index contributed by atoms with van der Waals surface area (Å²) in [7, 11) is 0. The van der Waals surface area contributed by atoms with Crippen molar-refractivity contribution in [3.05, 3.63) is 69.5 Å². The minimum Gasteiger partial charge on any atom is -0.338 e. The maximum absolute atomic E-state index is 12.3. The van der Waals surface area contributed by atoms with Crippen molar-refractivity contribution in [2.45, 2.75) is 13.0 Å². The van der Waals surface area contributed by atoms with E-state index in [2.05, 4.69) is 15.6 Å². The standard InChI is InChI=1S/C18H17N5O5/c24-16-14-6-5-13(23(27)28)10-15(14)17(25)22(16)9-3-8-20-18(26)21-11-12-4-1-2-7-19-12/h1-2,4-7,10H,3,8-9,11H2,(H2,20,21,26). The van der Waals surface area contributed by atoms with Crippen molar-refractivity contribution in [3.8, 4) is 0 Å². The van der Waals surface area contributed by atoms with Crippen molar-refractivity contribution in [2.24, 2.45) is 0 Å². The second-order valence-corrected chi connectivity index (χ2v) is 6.03. The first-order chi connectivity index (χ1) is 13.5. The van der Waals surface area contributed by atoms with Gasteiger partial charge in [0.05, 0.1) is 28.3 Å². The number of imide groups is 1. The van der Waals surface area contributed by atoms with Crippen LogP contribution in [0.25, 0.3) is 0 Å². The Hall–Kier alpha value is -3.82. The summed E-state index contributed by atoms with van der Waals surface area (Å²) in [6.07, 6.45) is 1.98. The van der Waals surface area contributed by atoms with Crippen LogP contribution in [0.1, 0.15) is 32.8 Å². The Bertz CT molecular complexity index is 931. The summed E-state index contributed by atoms with van der Waals surface area (Å²) in [5.41, 5.74) is 0.655. The van der Waals surface area contributed by atoms with Crippen molar-refractivity contribution in [3.63, 3.8) is 0 Å². The molecule has 0 saturated carbocycles. The second-order valence-electron chi connectivity index (χ2n) is 6.03. The smallest absolute Gasteiger partial charge is 0.315 e. The maximum Gasteiger partial charge on any atom is 0.315 e. The first-order valence-corrected chi connectivity index (χ1v) is 8.53. The van der Waals surface area contributed by atoms with Gasteiger partial charge in [-0.2, -0.15) is 0 Å². The zero-order valence-corrected chi connectivity index (χ0v) is 14.8. The molecular formula is C18H17N5O5. The highest BCUT2D eigenvalue weighted by Gasteiger charge is 2.36. The van der Waals surface area contributed by atoms with Gasteiger partial charge in [-0.25, -0.2) is 4.79 Å². The van der Waals surface area contributed by atoms with Crippen LogP contribution in [0.5, 0.6) is 0 Å². The molecule has 0 saturated heterocycles. The van der Waals surface area contributed by atoms with Crippen LogP contribution in [-0.2, 0) is 6.54 Å². The third-order valence-electron chi connectivity index (χ3n) is 4.17. The van der Waals surface area contributed by atoms with Crippen LogP contribution >= 0.6 is 0 Å². The van der Waals surface area contributed by atoms with Crippen LogP contribution in [0, 0.1) is 10.1 Å². The predicted molar refractivity (Wildman–Crippen MR) is 97.6 cm³/mol. The van der Waals surface area contributed by atoms with Gasteiger partial charge < -0.3 is 10.6 Å². The van der Waals surface area contributed by atoms with Crippen LogP contribution in [0.4, 0.5) is 10.5 Å². The quantitative estimate of drug-likeness (QED) is 0.322. The van der Waals surface area contributed by atoms with E-state index in [1.54, 1.807) is 18.3 Å². The van der Waals surface area contributed by atoms with Crippen molar-refractivity contribution in [2.75, 3.05) is 13.1 Å². The summed E-state index contributed by atoms with van der Waals surface area (Å²) in [4.78, 5) is 51.7. The fourth-order valence-electron chi connectivity index (χ4n) is 2.77. The molecule has 2 aromatic rings. The number of nitro groups is 1. The Morgan fingerprint density at radius 1 is 1.11 bits per heavy atom. The van der Waals surface area contributed by atoms with Crippen molar-refractivity contribution in [1.29, 1.82) is 0 Å². The Balaban J connectivity index is 1.46. The average molecular weight is 383 g/mol. The molecule has 28 heavy (non-hydrogen) atoms. The molecule has 4 amide bonds. The Morgan fingerprint density at radius 2 is 1.89 bits per heavy atom. The molecule has 2 N–H and O–H groups in total. The first kappa shape index (κ1) is 19.0. The molecule has 0 unspecified atom stereocenters. The van der Waals surface area contributed by atoms with Crippen LogP contribution in [0.15, 0.2) is 42.6 Å². The van der Waals surface area contributed by atoms with Crippen LogP contribution < -0.4 is 10.6 Å². The number of pyridine rings is 1. The molecule has 1 aromatic carbocycles. The summed E-state index contributed by atoms with van der Waals surface area (Å²) in [6.45, 7) is 0.631. The van der Waals surface area contributed by atoms with E-state index in [0.717, 1.165) is 16.7 Å². The highest BCUT2D eigenvalue weighted by atomic mass is 16.6. The third-order valence-corrected chi connectivity index (χ3v) is 4.17. The molecule has 10 nitrogen and oxygen atoms in total. The van der Waals surface area contributed by atoms with Gasteiger partial charge >= 0.3 is 6.03 Å². The number of benzene rings is 1. The number of fused-ring (bicyclic) bond motifs is 1. The molecule has 3 rings (SSSR count). The van der Waals surface area contributed by atoms with E-state index in [0.29, 0.717) is 6.42 Å². The zero-order chi connectivity index (χ0) is 20.1. The highest BCUT2D eigenvalue weighted by Crippen LogP contribution is 2.26. The minimum atomic E-state index is -0.617. The molecule has 0 aliphatic carbocycles. The average Bonchev–Trinajstić information content (AvgIpc) is 2.94. The number of carbonyl (C=O) groups excluding carboxylic acids is 3. The molecule has 10 heteroatoms. The van der Waals surface area contributed by atoms with E-state index in [1.807, 2.05) is 6.07 Å². The van der Waals surface area contributed by atoms with Gasteiger partial charge in [0, 0.05) is 31.4 Å². The molecule has 1 aromatic heterocycles. The molecule has 0 bridgehead atoms. The van der Waals surface area contributed by atoms with Crippen molar-refractivity contribution >= 4 is 23.5 Å². The normalized spacial score (nSPS) is 12.6. The summed E-state index contributed by atoms with van der Waals surface area (Å²) < 4.78 is 0. The van der Waals surface area contributed by atoms with Gasteiger partial charge in [0.1, 0.15) is 0 Å². The number of hydrogen-bond acceptors (Lipinski definition) is 6. The molecule has 0 fully saturated rings. The minimum absolute atomic E-state index is 0.0280. The molecule has 0 spiro atoms. The monoisotopic (exact) mass is 383 g/mol. The van der Waals surface area contributed by atoms with Gasteiger partial charge in [0.2, 0.25) is 0 Å². The number of urea groups is 1. The summed E-state index contributed by atoms with van der Waals surface area (Å²) >= 11 is 0. The first-order valence-electron chi connectivity index (χ1n) is 8.53. The van der Waals surface area contributed by atoms with Crippen LogP contribution in [0.2, 0.25) is 0 Å². The van der Waals surface area contributed by atoms with Gasteiger partial charge in [-0.15, -0.1) is 0 Å². The molecule has 1 aliphatic rings. The number of nitrogens with one attached hydrogen (secondary N) is 2. The van der Waals surface area contributed by atoms with Crippen molar-refractivity contribution in [1.82, 2.24) is 20.5 Å². The maximum atomic E-state index is 12.3. The molecule has 0 radical (unpaired) electrons. The largest absolute Gasteiger partial charge is 0.338 e. The van der Waals surface area contributed by atoms with E-state index >= 15 is 0 Å². The molecule has 144 valence electrons. The van der Waals surface area contributed by atoms with Gasteiger partial charge in [0.15, 0.2) is 0 Å². The number of aromatic nitrogens is 1. The topological polar surface area (TPSA) is 135 Å². The lowest BCUT2D eigenvalue weighted by molar-refractivity contribution is -0.384. The predicted octanol–water partition coefficient (Wildman–Crippen LogP) is 1.48. The molecule has 1 aliphatic heterocycles. The molecule has 2 heterocycles. The Kier molecular flexibility index (Phi) is 5.58. The number of non-ortho nitro benzene ring substituents is 1. The lowest BCUT2D eigenvalue weighted by atomic mass is 10.1. The van der Waals surface area contributed by atoms with Gasteiger partial charge in [-0.05, 0) is 24.6 Å². The zero-order valence-electron chi connectivity index (χ0n) is 14.8. The van der Waals surface area contributed by atoms with Gasteiger partial charge in [-0.1, -0.05) is 6.07 Å². The molecular weight excluding hydrogens is 366 g/mol. The number of hydrogen-bond donors (Lipinski definition) is 2. The van der Waals surface area contributed by atoms with E-state index in [-0.39, 0.29) is 42.5 Å². The number of carbonyl (C=O) groups is 3. The van der Waals surface area contributed by atoms with Crippen molar-refractivity contribution < 1.29 is 19.3 Å². The fraction of sp³-hybridized carbons (Fsp3) is 0.222. The van der Waals surface area contributed by atoms with Crippen LogP contribution in [-0.4, -0.2) is 45.7 Å². The Morgan fingerprint density at radius 3 is 2.61 bits per heavy atom. The Labute approximate surface area is 159 Å². The van der Waals surface area contributed by atoms with E-state index < -0.39 is 16.7 Å². The lowest BCUT2D eigenvalue weighted by Crippen LogP contribution is -2.38. The van der Waals surface area contributed by atoms with Gasteiger partial charge in [0.25, 0.3) is 17.5 Å². The third kappa shape index (κ3) is 4.11. The number of nitrogens with zero attached hydrogens (tertiary/aromatic N) is 3. The fourth-order valence-corrected chi connectivity index (χ4v) is 2.77. The van der Waals surface area contributed by atoms with E-state index in [9.17, 15) is 24.5 Å². The van der Waals surface area contributed by atoms with Gasteiger partial charge in [-0.3, -0.25) is 29.6 Å². The lowest BCUT2D eigenvalue weighted by Gasteiger charge is -2.14. The SMILES string of the molecule is O=C(NCCCN1C(=O)c2ccc([N+](=O)[O-])cc2C1=O)NCc1ccccn1. The summed E-state index contributed by atoms with van der Waals surface area (Å²) in [6, 6.07) is 8.59. The van der Waals surface area contributed by atoms with E-state index in [1.165, 1.54) is 12.1 Å². The van der Waals surface area contributed by atoms with E-state index in [4.69, 9.17) is 0 Å². The number of amides is 4. The summed E-state index contributed by atoms with van der Waals surface area (Å²) in [5, 5.41) is 16.1. The number of rotatable bonds is 7. The van der Waals surface area contributed by atoms with Crippen LogP contribution in [0.3, 0.4) is 0 Å². The second kappa shape index (κ2) is 8.25. The number of nitro benzene ring substituents is 1.